The number of likely N-dealkylation sites (tertiary alicyclic amines) is 8. The number of hydrogen-bond donors (Lipinski definition) is 6. The fourth-order valence-corrected chi connectivity index (χ4v) is 14.5. The van der Waals surface area contributed by atoms with E-state index in [1.54, 1.807) is 23.9 Å². The lowest BCUT2D eigenvalue weighted by Crippen LogP contribution is -2.45. The number of unbranched alkanes of at least 4 members (excludes halogenated alkanes) is 3. The van der Waals surface area contributed by atoms with Crippen LogP contribution in [0.3, 0.4) is 0 Å². The Morgan fingerprint density at radius 3 is 0.618 bits per heavy atom. The molecule has 886 valence electrons. The Bertz CT molecular complexity index is 2040. The van der Waals surface area contributed by atoms with Crippen LogP contribution in [-0.2, 0) is 0 Å². The normalized spacial score (nSPS) is 26.0. The molecule has 0 aromatic rings. The lowest BCUT2D eigenvalue weighted by molar-refractivity contribution is 0.0877. The summed E-state index contributed by atoms with van der Waals surface area (Å²) < 4.78 is 120. The van der Waals surface area contributed by atoms with Gasteiger partial charge in [0.2, 0.25) is 0 Å². The van der Waals surface area contributed by atoms with Crippen LogP contribution in [0.5, 0.6) is 0 Å². The summed E-state index contributed by atoms with van der Waals surface area (Å²) in [6.07, 6.45) is 34.8. The van der Waals surface area contributed by atoms with Gasteiger partial charge in [-0.15, -0.1) is 0 Å². The topological polar surface area (TPSA) is 157 Å². The summed E-state index contributed by atoms with van der Waals surface area (Å²) in [6, 6.07) is 0. The predicted molar refractivity (Wildman–Crippen MR) is 614 cm³/mol. The Kier molecular flexibility index (Phi) is 134. The minimum Gasteiger partial charge on any atom is -0.394 e. The van der Waals surface area contributed by atoms with Crippen molar-refractivity contribution in [3.63, 3.8) is 0 Å². The SMILES string of the molecule is C.CC(C)C.CC1CC(F)C1.CC1CC(F)C1.CC1CCCC1.CC1CCCCC1.CCC.CCC(C)C.CCC(O)CO.CCCC.CCCC(O)CO.CCCCC.CCCN(C)C.CCN(C)C.CN(C)C.CN1CC(F)C1.CN1CC(F)C1.CN1CC(O)C(F)C1.CN1CCC(F)C1.CN1CCCC1.CN1CCCCC1.CN1CC[C@@H](F)C1.CN1C[C@H](O)[C@@H](F)C1.C[C@@H]1CCC(F)C1.C[C@@H]1CC[C@@H](F)C1. The fourth-order valence-electron chi connectivity index (χ4n) is 14.5. The highest BCUT2D eigenvalue weighted by Gasteiger charge is 2.31. The van der Waals surface area contributed by atoms with E-state index in [1.165, 1.54) is 174 Å². The Morgan fingerprint density at radius 1 is 0.292 bits per heavy atom. The lowest BCUT2D eigenvalue weighted by atomic mass is 9.85. The summed E-state index contributed by atoms with van der Waals surface area (Å²) in [5, 5.41) is 50.8. The third kappa shape index (κ3) is 141. The number of aliphatic hydroxyl groups is 6. The monoisotopic (exact) mass is 2100 g/mol. The fraction of sp³-hybridized carbons (Fsp3) is 1.00. The van der Waals surface area contributed by atoms with Crippen LogP contribution in [0, 0.1) is 47.3 Å². The number of β-amino-alcohol motifs (C(OH)–C–C–N with tert-alkyl or cyclic N) is 2. The molecule has 14 rings (SSSR count). The highest BCUT2D eigenvalue weighted by molar-refractivity contribution is 4.83. The molecule has 8 aliphatic heterocycles. The van der Waals surface area contributed by atoms with Crippen LogP contribution in [0.1, 0.15) is 397 Å². The zero-order chi connectivity index (χ0) is 112. The van der Waals surface area contributed by atoms with Gasteiger partial charge in [0.15, 0.2) is 0 Å². The standard InChI is InChI=1S/C7H14.2C6H11F.C6H13N.C6H12.2C5H10FNO.2C5H10FN.2C5H9F.C5H11N.C5H13N.C5H12O2.2C5H12.2C4H8FN.C4H11N.C4H10O2.2C4H10.C3H9N.C3H8.CH4/c1-7-5-3-2-4-6-7;2*1-5-2-3-6(7)4-5;1-7-5-3-2-4-6-7;1-6-4-2-3-5-6;2*1-7-2-4(6)5(8)3-7;2*1-7-3-2-5(6)4-7;2*1-4-2-5(6)3-4;1-6-4-2-3-5-6;1-4-5-6(2)3;1-2-3-5(7)4-6;1-4-5(2)3;1-3-5-4-2;2*1-6-2-4(5)3-6;1-4-5(2)3;1-2-4(6)3-5;1-4(2)3;1-3-4-2;1-4(2)3;1-3-2;/h7H,2-6H2,1H3;2*5-6H,2-4H2,1H3;2-6H2,1H3;6H,2-5H2,1H3;2*4-5,8H,2-3H2,1H3;2*5H,2-4H2,1H3;2*4-5H,2-3H2,1H3;2-5H2,1H3;4-5H2,1-3H3;5-7H,2-4H2,1H3;5H,4H2,1-3H3;3-5H2,1-2H3;2*4H,2-3H2,1H3;4H2,1-3H3;4-6H,2-3H2,1H3;4H,1-3H3;3-4H2,1-2H3;1-3H3;3H2,1-2H3;1H4/t;5-,6?;5-,6-;;;4-,5-;;5-;;;;;;;;;;;;;;;;;/m.11..0.1................./s1. The third-order valence-corrected chi connectivity index (χ3v) is 24.7. The number of rotatable bonds is 12. The molecule has 6 unspecified atom stereocenters. The van der Waals surface area contributed by atoms with Crippen molar-refractivity contribution in [2.45, 2.75) is 483 Å². The number of likely N-dealkylation sites (N-methyl/N-ethyl adjacent to an activating group) is 2. The van der Waals surface area contributed by atoms with Crippen LogP contribution in [-0.4, -0.2) is 407 Å². The molecule has 0 aromatic heterocycles. The molecule has 0 bridgehead atoms. The van der Waals surface area contributed by atoms with Gasteiger partial charge in [-0.05, 0) is 314 Å². The van der Waals surface area contributed by atoms with E-state index in [2.05, 4.69) is 200 Å². The first kappa shape index (κ1) is 165. The highest BCUT2D eigenvalue weighted by atomic mass is 19.2. The van der Waals surface area contributed by atoms with Gasteiger partial charge in [0.1, 0.15) is 61.7 Å². The molecular formula is C117H257F10N11O6. The van der Waals surface area contributed by atoms with E-state index in [0.29, 0.717) is 102 Å². The van der Waals surface area contributed by atoms with Gasteiger partial charge in [0.05, 0.1) is 37.6 Å². The lowest BCUT2D eigenvalue weighted by Gasteiger charge is -2.29. The van der Waals surface area contributed by atoms with Crippen molar-refractivity contribution in [3.8, 4) is 0 Å². The second-order valence-electron chi connectivity index (χ2n) is 45.4. The molecule has 0 amide bonds. The zero-order valence-corrected chi connectivity index (χ0v) is 101. The summed E-state index contributed by atoms with van der Waals surface area (Å²) in [4.78, 5) is 22.5. The van der Waals surface area contributed by atoms with Gasteiger partial charge in [0, 0.05) is 78.5 Å². The molecule has 0 aromatic carbocycles. The smallest absolute Gasteiger partial charge is 0.140 e. The second kappa shape index (κ2) is 117. The molecule has 6 N–H and O–H groups in total. The van der Waals surface area contributed by atoms with Crippen LogP contribution in [0.15, 0.2) is 0 Å². The maximum atomic E-state index is 12.3. The maximum absolute atomic E-state index is 12.3. The van der Waals surface area contributed by atoms with E-state index in [9.17, 15) is 43.9 Å². The summed E-state index contributed by atoms with van der Waals surface area (Å²) >= 11 is 0. The van der Waals surface area contributed by atoms with Crippen molar-refractivity contribution < 1.29 is 74.5 Å². The number of piperidine rings is 1. The predicted octanol–water partition coefficient (Wildman–Crippen LogP) is 26.9. The molecular weight excluding hydrogens is 1850 g/mol. The van der Waals surface area contributed by atoms with Gasteiger partial charge in [-0.25, -0.2) is 43.9 Å². The van der Waals surface area contributed by atoms with E-state index >= 15 is 0 Å². The summed E-state index contributed by atoms with van der Waals surface area (Å²) in [5.74, 6) is 6.43. The molecule has 0 radical (unpaired) electrons. The molecule has 12 atom stereocenters. The van der Waals surface area contributed by atoms with Crippen molar-refractivity contribution in [1.29, 1.82) is 0 Å². The van der Waals surface area contributed by atoms with Gasteiger partial charge < -0.3 is 84.5 Å². The van der Waals surface area contributed by atoms with Crippen LogP contribution < -0.4 is 0 Å². The van der Waals surface area contributed by atoms with Gasteiger partial charge in [-0.2, -0.15) is 0 Å². The molecule has 17 nitrogen and oxygen atoms in total. The Balaban J connectivity index is -0.000000143. The maximum Gasteiger partial charge on any atom is 0.140 e. The molecule has 14 fully saturated rings. The summed E-state index contributed by atoms with van der Waals surface area (Å²) in [5.41, 5.74) is 0. The van der Waals surface area contributed by atoms with Crippen molar-refractivity contribution in [2.75, 3.05) is 237 Å². The minimum absolute atomic E-state index is 0. The molecule has 144 heavy (non-hydrogen) atoms. The van der Waals surface area contributed by atoms with Crippen LogP contribution in [0.4, 0.5) is 43.9 Å². The zero-order valence-electron chi connectivity index (χ0n) is 101. The summed E-state index contributed by atoms with van der Waals surface area (Å²) in [6.45, 7) is 62.2. The Hall–Kier alpha value is -1.38. The number of nitrogens with zero attached hydrogens (tertiary/aromatic N) is 11. The van der Waals surface area contributed by atoms with Crippen molar-refractivity contribution in [2.24, 2.45) is 47.3 Å². The Morgan fingerprint density at radius 2 is 0.562 bits per heavy atom. The molecule has 8 saturated heterocycles. The van der Waals surface area contributed by atoms with Gasteiger partial charge in [-0.1, -0.05) is 275 Å². The largest absolute Gasteiger partial charge is 0.394 e. The molecule has 14 aliphatic rings. The summed E-state index contributed by atoms with van der Waals surface area (Å²) in [7, 11) is 30.0. The number of halogens is 10. The van der Waals surface area contributed by atoms with Crippen molar-refractivity contribution in [3.05, 3.63) is 0 Å². The van der Waals surface area contributed by atoms with E-state index in [1.807, 2.05) is 87.7 Å². The quantitative estimate of drug-likeness (QED) is 0.103. The van der Waals surface area contributed by atoms with Crippen LogP contribution >= 0.6 is 0 Å². The average molecular weight is 2100 g/mol. The first-order valence-corrected chi connectivity index (χ1v) is 57.6. The van der Waals surface area contributed by atoms with Gasteiger partial charge in [-0.3, -0.25) is 0 Å². The minimum atomic E-state index is -1.03. The molecule has 6 saturated carbocycles. The van der Waals surface area contributed by atoms with Crippen LogP contribution in [0.25, 0.3) is 0 Å². The Labute approximate surface area is 891 Å². The first-order valence-electron chi connectivity index (χ1n) is 57.6. The molecule has 0 spiro atoms. The highest BCUT2D eigenvalue weighted by Crippen LogP contribution is 2.31. The second-order valence-corrected chi connectivity index (χ2v) is 45.4. The van der Waals surface area contributed by atoms with Gasteiger partial charge >= 0.3 is 0 Å². The van der Waals surface area contributed by atoms with E-state index in [4.69, 9.17) is 30.6 Å². The van der Waals surface area contributed by atoms with E-state index in [-0.39, 0.29) is 20.6 Å². The van der Waals surface area contributed by atoms with Gasteiger partial charge in [0.25, 0.3) is 0 Å². The van der Waals surface area contributed by atoms with Crippen molar-refractivity contribution in [1.82, 2.24) is 53.9 Å². The first-order chi connectivity index (χ1) is 66.9. The molecule has 8 heterocycles. The number of alkyl halides is 10. The van der Waals surface area contributed by atoms with Crippen LogP contribution in [0.2, 0.25) is 0 Å². The molecule has 6 aliphatic carbocycles. The average Bonchev–Trinajstić information content (AvgIpc) is 1.83. The number of aliphatic hydroxyl groups excluding tert-OH is 6. The number of hydrogen-bond acceptors (Lipinski definition) is 17. The van der Waals surface area contributed by atoms with E-state index in [0.717, 1.165) is 127 Å². The molecule has 27 heteroatoms. The third-order valence-electron chi connectivity index (χ3n) is 24.7. The van der Waals surface area contributed by atoms with E-state index < -0.39 is 86.1 Å². The van der Waals surface area contributed by atoms with Crippen molar-refractivity contribution >= 4 is 0 Å².